The van der Waals surface area contributed by atoms with Gasteiger partial charge in [0, 0.05) is 12.7 Å². The van der Waals surface area contributed by atoms with Crippen molar-refractivity contribution in [2.24, 2.45) is 0 Å². The summed E-state index contributed by atoms with van der Waals surface area (Å²) in [5, 5.41) is 0. The number of esters is 2. The Morgan fingerprint density at radius 3 is 2.32 bits per heavy atom. The fourth-order valence-corrected chi connectivity index (χ4v) is 2.31. The Morgan fingerprint density at radius 2 is 1.71 bits per heavy atom. The van der Waals surface area contributed by atoms with E-state index in [-0.39, 0.29) is 18.8 Å². The molecular weight excluding hydrogens is 364 g/mol. The second kappa shape index (κ2) is 10.2. The molecule has 0 aliphatic heterocycles. The highest BCUT2D eigenvalue weighted by atomic mass is 16.6. The fraction of sp³-hybridized carbons (Fsp3) is 0.286. The van der Waals surface area contributed by atoms with Gasteiger partial charge >= 0.3 is 11.9 Å². The van der Waals surface area contributed by atoms with Crippen molar-refractivity contribution >= 4 is 23.8 Å². The SMILES string of the molecule is CCOC(=O)c1ccc(-c2ccc(/C=C(\C(C)=O)C(=O)OCCOC)o2)cc1. The maximum absolute atomic E-state index is 12.0. The molecule has 2 aromatic rings. The second-order valence-electron chi connectivity index (χ2n) is 5.74. The molecule has 148 valence electrons. The highest BCUT2D eigenvalue weighted by Crippen LogP contribution is 2.24. The zero-order valence-corrected chi connectivity index (χ0v) is 16.0. The summed E-state index contributed by atoms with van der Waals surface area (Å²) in [4.78, 5) is 35.5. The average molecular weight is 386 g/mol. The summed E-state index contributed by atoms with van der Waals surface area (Å²) in [6, 6.07) is 10.1. The van der Waals surface area contributed by atoms with Crippen molar-refractivity contribution < 1.29 is 33.0 Å². The first-order chi connectivity index (χ1) is 13.5. The molecule has 0 N–H and O–H groups in total. The lowest BCUT2D eigenvalue weighted by Crippen LogP contribution is -2.16. The summed E-state index contributed by atoms with van der Waals surface area (Å²) in [7, 11) is 1.49. The van der Waals surface area contributed by atoms with Gasteiger partial charge in [0.15, 0.2) is 5.78 Å². The Balaban J connectivity index is 2.17. The molecule has 0 spiro atoms. The first-order valence-corrected chi connectivity index (χ1v) is 8.72. The Kier molecular flexibility index (Phi) is 7.71. The summed E-state index contributed by atoms with van der Waals surface area (Å²) in [5.41, 5.74) is 1.06. The molecule has 28 heavy (non-hydrogen) atoms. The molecule has 1 aromatic carbocycles. The van der Waals surface area contributed by atoms with Crippen molar-refractivity contribution in [2.45, 2.75) is 13.8 Å². The molecule has 0 amide bonds. The van der Waals surface area contributed by atoms with Crippen LogP contribution in [0.4, 0.5) is 0 Å². The third-order valence-electron chi connectivity index (χ3n) is 3.71. The zero-order chi connectivity index (χ0) is 20.5. The molecule has 0 unspecified atom stereocenters. The van der Waals surface area contributed by atoms with Crippen LogP contribution in [-0.2, 0) is 23.8 Å². The number of ether oxygens (including phenoxy) is 3. The maximum Gasteiger partial charge on any atom is 0.341 e. The normalized spacial score (nSPS) is 11.2. The molecule has 7 nitrogen and oxygen atoms in total. The van der Waals surface area contributed by atoms with Gasteiger partial charge in [0.25, 0.3) is 0 Å². The van der Waals surface area contributed by atoms with Crippen LogP contribution in [0.3, 0.4) is 0 Å². The second-order valence-corrected chi connectivity index (χ2v) is 5.74. The molecule has 0 aliphatic rings. The Morgan fingerprint density at radius 1 is 1.00 bits per heavy atom. The molecule has 0 bridgehead atoms. The summed E-state index contributed by atoms with van der Waals surface area (Å²) < 4.78 is 20.4. The molecular formula is C21H22O7. The Bertz CT molecular complexity index is 859. The van der Waals surface area contributed by atoms with Gasteiger partial charge in [0.2, 0.25) is 0 Å². The van der Waals surface area contributed by atoms with Crippen molar-refractivity contribution in [3.05, 3.63) is 53.3 Å². The van der Waals surface area contributed by atoms with Crippen molar-refractivity contribution in [3.8, 4) is 11.3 Å². The smallest absolute Gasteiger partial charge is 0.341 e. The minimum atomic E-state index is -0.735. The first-order valence-electron chi connectivity index (χ1n) is 8.72. The number of furan rings is 1. The van der Waals surface area contributed by atoms with Gasteiger partial charge in [-0.3, -0.25) is 4.79 Å². The molecule has 0 saturated carbocycles. The van der Waals surface area contributed by atoms with E-state index in [2.05, 4.69) is 0 Å². The van der Waals surface area contributed by atoms with E-state index in [9.17, 15) is 14.4 Å². The van der Waals surface area contributed by atoms with E-state index in [1.165, 1.54) is 20.1 Å². The van der Waals surface area contributed by atoms with Gasteiger partial charge in [0.05, 0.1) is 18.8 Å². The van der Waals surface area contributed by atoms with E-state index >= 15 is 0 Å². The van der Waals surface area contributed by atoms with Gasteiger partial charge in [-0.1, -0.05) is 12.1 Å². The topological polar surface area (TPSA) is 92.0 Å². The van der Waals surface area contributed by atoms with Crippen LogP contribution in [0.2, 0.25) is 0 Å². The van der Waals surface area contributed by atoms with Crippen LogP contribution in [0, 0.1) is 0 Å². The summed E-state index contributed by atoms with van der Waals surface area (Å²) >= 11 is 0. The van der Waals surface area contributed by atoms with Crippen LogP contribution in [0.25, 0.3) is 17.4 Å². The molecule has 1 heterocycles. The van der Waals surface area contributed by atoms with E-state index in [0.717, 1.165) is 5.56 Å². The number of ketones is 1. The van der Waals surface area contributed by atoms with Gasteiger partial charge in [-0.15, -0.1) is 0 Å². The molecule has 0 saturated heterocycles. The predicted molar refractivity (Wildman–Crippen MR) is 102 cm³/mol. The summed E-state index contributed by atoms with van der Waals surface area (Å²) in [6.07, 6.45) is 1.34. The van der Waals surface area contributed by atoms with Gasteiger partial charge in [-0.2, -0.15) is 0 Å². The Hall–Kier alpha value is -3.19. The number of hydrogen-bond acceptors (Lipinski definition) is 7. The van der Waals surface area contributed by atoms with E-state index in [1.54, 1.807) is 43.3 Å². The highest BCUT2D eigenvalue weighted by molar-refractivity contribution is 6.19. The minimum Gasteiger partial charge on any atom is -0.462 e. The molecule has 2 rings (SSSR count). The van der Waals surface area contributed by atoms with Gasteiger partial charge < -0.3 is 18.6 Å². The van der Waals surface area contributed by atoms with Crippen molar-refractivity contribution in [3.63, 3.8) is 0 Å². The summed E-state index contributed by atoms with van der Waals surface area (Å²) in [5.74, 6) is -0.702. The van der Waals surface area contributed by atoms with Gasteiger partial charge in [0.1, 0.15) is 23.7 Å². The van der Waals surface area contributed by atoms with Crippen LogP contribution in [0.15, 0.2) is 46.4 Å². The van der Waals surface area contributed by atoms with E-state index < -0.39 is 17.7 Å². The van der Waals surface area contributed by atoms with E-state index in [4.69, 9.17) is 18.6 Å². The molecule has 1 aromatic heterocycles. The Labute approximate surface area is 162 Å². The third kappa shape index (κ3) is 5.65. The number of benzene rings is 1. The number of Topliss-reactive ketones (excluding diaryl/α,β-unsaturated/α-hetero) is 1. The number of carbonyl (C=O) groups is 3. The zero-order valence-electron chi connectivity index (χ0n) is 16.0. The fourth-order valence-electron chi connectivity index (χ4n) is 2.31. The third-order valence-corrected chi connectivity index (χ3v) is 3.71. The molecule has 0 atom stereocenters. The van der Waals surface area contributed by atoms with Gasteiger partial charge in [-0.05, 0) is 44.2 Å². The lowest BCUT2D eigenvalue weighted by molar-refractivity contribution is -0.141. The van der Waals surface area contributed by atoms with Crippen LogP contribution >= 0.6 is 0 Å². The van der Waals surface area contributed by atoms with Crippen molar-refractivity contribution in [1.29, 1.82) is 0 Å². The molecule has 0 aliphatic carbocycles. The number of carbonyl (C=O) groups excluding carboxylic acids is 3. The lowest BCUT2D eigenvalue weighted by Gasteiger charge is -2.05. The number of methoxy groups -OCH3 is 1. The largest absolute Gasteiger partial charge is 0.462 e. The van der Waals surface area contributed by atoms with Crippen molar-refractivity contribution in [2.75, 3.05) is 26.9 Å². The maximum atomic E-state index is 12.0. The molecule has 0 fully saturated rings. The van der Waals surface area contributed by atoms with Crippen LogP contribution < -0.4 is 0 Å². The van der Waals surface area contributed by atoms with Crippen LogP contribution in [0.5, 0.6) is 0 Å². The summed E-state index contributed by atoms with van der Waals surface area (Å²) in [6.45, 7) is 3.62. The first kappa shape index (κ1) is 21.1. The van der Waals surface area contributed by atoms with E-state index in [1.807, 2.05) is 0 Å². The van der Waals surface area contributed by atoms with Gasteiger partial charge in [-0.25, -0.2) is 9.59 Å². The lowest BCUT2D eigenvalue weighted by atomic mass is 10.1. The highest BCUT2D eigenvalue weighted by Gasteiger charge is 2.17. The van der Waals surface area contributed by atoms with Crippen LogP contribution in [-0.4, -0.2) is 44.7 Å². The van der Waals surface area contributed by atoms with E-state index in [0.29, 0.717) is 23.7 Å². The number of rotatable bonds is 9. The monoisotopic (exact) mass is 386 g/mol. The van der Waals surface area contributed by atoms with Crippen LogP contribution in [0.1, 0.15) is 30.0 Å². The average Bonchev–Trinajstić information content (AvgIpc) is 3.15. The molecule has 7 heteroatoms. The number of hydrogen-bond donors (Lipinski definition) is 0. The minimum absolute atomic E-state index is 0.0518. The molecule has 0 radical (unpaired) electrons. The van der Waals surface area contributed by atoms with Crippen molar-refractivity contribution in [1.82, 2.24) is 0 Å². The quantitative estimate of drug-likeness (QED) is 0.215. The predicted octanol–water partition coefficient (Wildman–Crippen LogP) is 3.29. The standard InChI is InChI=1S/C21H22O7/c1-4-26-20(23)16-7-5-15(6-8-16)19-10-9-17(28-19)13-18(14(2)22)21(24)27-12-11-25-3/h5-10,13H,4,11-12H2,1-3H3/b18-13+.